The quantitative estimate of drug-likeness (QED) is 0.899. The van der Waals surface area contributed by atoms with Crippen molar-refractivity contribution in [3.63, 3.8) is 0 Å². The molecule has 1 N–H and O–H groups in total. The van der Waals surface area contributed by atoms with Gasteiger partial charge in [0.15, 0.2) is 5.82 Å². The number of nitrogens with zero attached hydrogens (tertiary/aromatic N) is 3. The fourth-order valence-electron chi connectivity index (χ4n) is 2.05. The minimum atomic E-state index is -0.975. The van der Waals surface area contributed by atoms with Crippen LogP contribution >= 0.6 is 0 Å². The van der Waals surface area contributed by atoms with E-state index in [1.165, 1.54) is 17.8 Å². The van der Waals surface area contributed by atoms with Gasteiger partial charge < -0.3 is 5.11 Å². The first-order valence-electron chi connectivity index (χ1n) is 5.79. The molecule has 0 fully saturated rings. The van der Waals surface area contributed by atoms with Gasteiger partial charge in [-0.15, -0.1) is 0 Å². The molecule has 0 saturated carbocycles. The zero-order valence-electron chi connectivity index (χ0n) is 10.6. The van der Waals surface area contributed by atoms with Crippen LogP contribution in [0.2, 0.25) is 0 Å². The summed E-state index contributed by atoms with van der Waals surface area (Å²) in [5.41, 5.74) is 3.42. The van der Waals surface area contributed by atoms with E-state index in [0.29, 0.717) is 5.82 Å². The Morgan fingerprint density at radius 3 is 2.56 bits per heavy atom. The van der Waals surface area contributed by atoms with Crippen LogP contribution in [0.4, 0.5) is 0 Å². The van der Waals surface area contributed by atoms with Crippen molar-refractivity contribution >= 4 is 5.97 Å². The molecule has 0 radical (unpaired) electrons. The van der Waals surface area contributed by atoms with Crippen molar-refractivity contribution in [2.75, 3.05) is 0 Å². The van der Waals surface area contributed by atoms with Crippen LogP contribution < -0.4 is 0 Å². The number of carboxylic acids is 1. The van der Waals surface area contributed by atoms with Crippen LogP contribution in [0, 0.1) is 13.8 Å². The van der Waals surface area contributed by atoms with Gasteiger partial charge in [-0.25, -0.2) is 14.5 Å². The number of hydrogen-bond acceptors (Lipinski definition) is 3. The molecular weight excluding hydrogens is 230 g/mol. The van der Waals surface area contributed by atoms with E-state index >= 15 is 0 Å². The molecule has 5 nitrogen and oxygen atoms in total. The fourth-order valence-corrected chi connectivity index (χ4v) is 2.05. The Balaban J connectivity index is 2.46. The first-order chi connectivity index (χ1) is 8.54. The molecule has 0 aliphatic rings. The van der Waals surface area contributed by atoms with Gasteiger partial charge in [-0.05, 0) is 38.0 Å². The van der Waals surface area contributed by atoms with Crippen LogP contribution in [0.15, 0.2) is 18.3 Å². The monoisotopic (exact) mass is 245 g/mol. The van der Waals surface area contributed by atoms with Crippen molar-refractivity contribution in [2.45, 2.75) is 27.2 Å². The van der Waals surface area contributed by atoms with Gasteiger partial charge in [-0.2, -0.15) is 5.10 Å². The maximum Gasteiger partial charge on any atom is 0.337 e. The highest BCUT2D eigenvalue weighted by Crippen LogP contribution is 2.17. The third-order valence-electron chi connectivity index (χ3n) is 3.01. The highest BCUT2D eigenvalue weighted by Gasteiger charge is 2.12. The second-order valence-electron chi connectivity index (χ2n) is 4.12. The summed E-state index contributed by atoms with van der Waals surface area (Å²) in [5, 5.41) is 13.3. The van der Waals surface area contributed by atoms with Gasteiger partial charge in [0.2, 0.25) is 0 Å². The average molecular weight is 245 g/mol. The molecule has 2 aromatic heterocycles. The smallest absolute Gasteiger partial charge is 0.337 e. The molecule has 94 valence electrons. The van der Waals surface area contributed by atoms with Gasteiger partial charge in [-0.3, -0.25) is 0 Å². The van der Waals surface area contributed by atoms with Crippen LogP contribution in [-0.2, 0) is 6.42 Å². The Bertz CT molecular complexity index is 585. The van der Waals surface area contributed by atoms with Crippen molar-refractivity contribution in [3.05, 3.63) is 40.8 Å². The number of carbonyl (C=O) groups is 1. The highest BCUT2D eigenvalue weighted by atomic mass is 16.4. The summed E-state index contributed by atoms with van der Waals surface area (Å²) in [6, 6.07) is 3.20. The lowest BCUT2D eigenvalue weighted by Gasteiger charge is -2.04. The maximum absolute atomic E-state index is 10.8. The summed E-state index contributed by atoms with van der Waals surface area (Å²) in [6.45, 7) is 6.04. The number of rotatable bonds is 3. The Labute approximate surface area is 105 Å². The summed E-state index contributed by atoms with van der Waals surface area (Å²) >= 11 is 0. The number of hydrogen-bond donors (Lipinski definition) is 1. The summed E-state index contributed by atoms with van der Waals surface area (Å²) < 4.78 is 1.75. The Kier molecular flexibility index (Phi) is 3.14. The standard InChI is InChI=1S/C13H15N3O2/c1-4-11-8(2)15-16(9(11)3)12-6-5-10(7-14-12)13(17)18/h5-7H,4H2,1-3H3,(H,17,18). The first-order valence-corrected chi connectivity index (χ1v) is 5.79. The largest absolute Gasteiger partial charge is 0.478 e. The minimum absolute atomic E-state index is 0.177. The van der Waals surface area contributed by atoms with E-state index < -0.39 is 5.97 Å². The molecule has 0 unspecified atom stereocenters. The zero-order valence-corrected chi connectivity index (χ0v) is 10.6. The number of aromatic nitrogens is 3. The zero-order chi connectivity index (χ0) is 13.3. The molecule has 0 aliphatic heterocycles. The number of aryl methyl sites for hydroxylation is 1. The molecular formula is C13H15N3O2. The van der Waals surface area contributed by atoms with Gasteiger partial charge >= 0.3 is 5.97 Å². The molecule has 0 aromatic carbocycles. The molecule has 0 spiro atoms. The normalized spacial score (nSPS) is 10.6. The van der Waals surface area contributed by atoms with Gasteiger partial charge in [-0.1, -0.05) is 6.92 Å². The van der Waals surface area contributed by atoms with Crippen molar-refractivity contribution in [1.82, 2.24) is 14.8 Å². The number of pyridine rings is 1. The molecule has 0 aliphatic carbocycles. The molecule has 0 amide bonds. The predicted molar refractivity (Wildman–Crippen MR) is 67.2 cm³/mol. The van der Waals surface area contributed by atoms with Crippen LogP contribution in [0.3, 0.4) is 0 Å². The summed E-state index contributed by atoms with van der Waals surface area (Å²) in [6.07, 6.45) is 2.27. The van der Waals surface area contributed by atoms with Crippen LogP contribution in [0.1, 0.15) is 34.2 Å². The van der Waals surface area contributed by atoms with Gasteiger partial charge in [0, 0.05) is 11.9 Å². The van der Waals surface area contributed by atoms with Crippen LogP contribution in [0.25, 0.3) is 5.82 Å². The third-order valence-corrected chi connectivity index (χ3v) is 3.01. The lowest BCUT2D eigenvalue weighted by Crippen LogP contribution is -2.04. The van der Waals surface area contributed by atoms with Gasteiger partial charge in [0.05, 0.1) is 11.3 Å². The van der Waals surface area contributed by atoms with Gasteiger partial charge in [0.25, 0.3) is 0 Å². The first kappa shape index (κ1) is 12.3. The average Bonchev–Trinajstić information content (AvgIpc) is 2.64. The Morgan fingerprint density at radius 2 is 2.11 bits per heavy atom. The van der Waals surface area contributed by atoms with E-state index in [4.69, 9.17) is 5.11 Å². The van der Waals surface area contributed by atoms with E-state index in [9.17, 15) is 4.79 Å². The Hall–Kier alpha value is -2.17. The van der Waals surface area contributed by atoms with Gasteiger partial charge in [0.1, 0.15) is 0 Å². The van der Waals surface area contributed by atoms with Crippen LogP contribution in [0.5, 0.6) is 0 Å². The van der Waals surface area contributed by atoms with Crippen molar-refractivity contribution in [1.29, 1.82) is 0 Å². The molecule has 2 aromatic rings. The number of aromatic carboxylic acids is 1. The summed E-state index contributed by atoms with van der Waals surface area (Å²) in [4.78, 5) is 14.9. The molecule has 2 rings (SSSR count). The van der Waals surface area contributed by atoms with E-state index in [0.717, 1.165) is 17.8 Å². The van der Waals surface area contributed by atoms with Crippen molar-refractivity contribution < 1.29 is 9.90 Å². The molecule has 0 bridgehead atoms. The van der Waals surface area contributed by atoms with E-state index in [-0.39, 0.29) is 5.56 Å². The highest BCUT2D eigenvalue weighted by molar-refractivity contribution is 5.87. The lowest BCUT2D eigenvalue weighted by molar-refractivity contribution is 0.0696. The second kappa shape index (κ2) is 4.60. The van der Waals surface area contributed by atoms with Crippen molar-refractivity contribution in [3.8, 4) is 5.82 Å². The minimum Gasteiger partial charge on any atom is -0.478 e. The second-order valence-corrected chi connectivity index (χ2v) is 4.12. The topological polar surface area (TPSA) is 68.0 Å². The summed E-state index contributed by atoms with van der Waals surface area (Å²) in [7, 11) is 0. The molecule has 0 saturated heterocycles. The van der Waals surface area contributed by atoms with E-state index in [1.54, 1.807) is 10.7 Å². The molecule has 0 atom stereocenters. The molecule has 18 heavy (non-hydrogen) atoms. The van der Waals surface area contributed by atoms with E-state index in [2.05, 4.69) is 17.0 Å². The molecule has 5 heteroatoms. The van der Waals surface area contributed by atoms with E-state index in [1.807, 2.05) is 13.8 Å². The Morgan fingerprint density at radius 1 is 1.39 bits per heavy atom. The molecule has 2 heterocycles. The predicted octanol–water partition coefficient (Wildman–Crippen LogP) is 2.14. The summed E-state index contributed by atoms with van der Waals surface area (Å²) in [5.74, 6) is -0.336. The maximum atomic E-state index is 10.8. The fraction of sp³-hybridized carbons (Fsp3) is 0.308. The lowest BCUT2D eigenvalue weighted by atomic mass is 10.1. The SMILES string of the molecule is CCc1c(C)nn(-c2ccc(C(=O)O)cn2)c1C. The van der Waals surface area contributed by atoms with Crippen molar-refractivity contribution in [2.24, 2.45) is 0 Å². The van der Waals surface area contributed by atoms with Crippen LogP contribution in [-0.4, -0.2) is 25.8 Å². The number of carboxylic acid groups (broad SMARTS) is 1. The third kappa shape index (κ3) is 1.99.